The van der Waals surface area contributed by atoms with Gasteiger partial charge in [-0.1, -0.05) is 18.2 Å². The van der Waals surface area contributed by atoms with E-state index in [9.17, 15) is 19.2 Å². The summed E-state index contributed by atoms with van der Waals surface area (Å²) in [5.74, 6) is -0.456. The SMILES string of the molecule is COc1ccc(NC(C)=O)cc1NC(=O)c1cn(C)c2c(=O)n(-c3ccccc3)c(=O)[nH]c12. The molecule has 0 aliphatic carbocycles. The van der Waals surface area contributed by atoms with Gasteiger partial charge in [-0.05, 0) is 30.3 Å². The number of aromatic nitrogens is 3. The highest BCUT2D eigenvalue weighted by atomic mass is 16.5. The fourth-order valence-electron chi connectivity index (χ4n) is 3.63. The molecule has 10 nitrogen and oxygen atoms in total. The van der Waals surface area contributed by atoms with Gasteiger partial charge in [-0.15, -0.1) is 0 Å². The highest BCUT2D eigenvalue weighted by Crippen LogP contribution is 2.29. The lowest BCUT2D eigenvalue weighted by Gasteiger charge is -2.12. The monoisotopic (exact) mass is 447 g/mol. The van der Waals surface area contributed by atoms with Gasteiger partial charge in [0, 0.05) is 25.9 Å². The van der Waals surface area contributed by atoms with Crippen LogP contribution in [0, 0.1) is 0 Å². The van der Waals surface area contributed by atoms with Crippen LogP contribution in [0.3, 0.4) is 0 Å². The molecule has 4 rings (SSSR count). The Morgan fingerprint density at radius 1 is 1.03 bits per heavy atom. The molecule has 33 heavy (non-hydrogen) atoms. The topological polar surface area (TPSA) is 127 Å². The van der Waals surface area contributed by atoms with Crippen molar-refractivity contribution >= 4 is 34.2 Å². The zero-order chi connectivity index (χ0) is 23.7. The Kier molecular flexibility index (Phi) is 5.57. The summed E-state index contributed by atoms with van der Waals surface area (Å²) in [4.78, 5) is 53.0. The van der Waals surface area contributed by atoms with Crippen LogP contribution in [0.4, 0.5) is 11.4 Å². The number of carbonyl (C=O) groups is 2. The van der Waals surface area contributed by atoms with Gasteiger partial charge in [0.1, 0.15) is 11.3 Å². The molecule has 2 aromatic heterocycles. The second-order valence-corrected chi connectivity index (χ2v) is 7.33. The third kappa shape index (κ3) is 4.01. The molecule has 0 atom stereocenters. The van der Waals surface area contributed by atoms with Gasteiger partial charge < -0.3 is 24.9 Å². The van der Waals surface area contributed by atoms with E-state index in [1.54, 1.807) is 55.6 Å². The van der Waals surface area contributed by atoms with Crippen molar-refractivity contribution in [3.8, 4) is 11.4 Å². The van der Waals surface area contributed by atoms with Gasteiger partial charge in [-0.25, -0.2) is 9.36 Å². The summed E-state index contributed by atoms with van der Waals surface area (Å²) in [6.07, 6.45) is 1.47. The average molecular weight is 447 g/mol. The molecule has 2 aromatic carbocycles. The Balaban J connectivity index is 1.79. The fourth-order valence-corrected chi connectivity index (χ4v) is 3.63. The largest absolute Gasteiger partial charge is 0.495 e. The van der Waals surface area contributed by atoms with E-state index in [-0.39, 0.29) is 22.5 Å². The molecule has 4 aromatic rings. The number of anilines is 2. The maximum atomic E-state index is 13.1. The standard InChI is InChI=1S/C23H21N5O5/c1-13(29)24-14-9-10-18(33-3)17(11-14)25-21(30)16-12-27(2)20-19(16)26-23(32)28(22(20)31)15-7-5-4-6-8-15/h4-12H,1-3H3,(H,24,29)(H,25,30)(H,26,32). The van der Waals surface area contributed by atoms with E-state index < -0.39 is 17.2 Å². The van der Waals surface area contributed by atoms with E-state index in [4.69, 9.17) is 4.74 Å². The highest BCUT2D eigenvalue weighted by Gasteiger charge is 2.21. The predicted molar refractivity (Wildman–Crippen MR) is 124 cm³/mol. The zero-order valence-electron chi connectivity index (χ0n) is 18.1. The van der Waals surface area contributed by atoms with Crippen LogP contribution < -0.4 is 26.6 Å². The summed E-state index contributed by atoms with van der Waals surface area (Å²) in [5, 5.41) is 5.36. The molecular formula is C23H21N5O5. The third-order valence-corrected chi connectivity index (χ3v) is 5.05. The van der Waals surface area contributed by atoms with Gasteiger partial charge in [0.2, 0.25) is 5.91 Å². The first-order valence-corrected chi connectivity index (χ1v) is 9.97. The minimum atomic E-state index is -0.663. The van der Waals surface area contributed by atoms with Crippen molar-refractivity contribution in [2.45, 2.75) is 6.92 Å². The van der Waals surface area contributed by atoms with Gasteiger partial charge in [0.15, 0.2) is 0 Å². The van der Waals surface area contributed by atoms with E-state index in [0.29, 0.717) is 22.8 Å². The first-order chi connectivity index (χ1) is 15.8. The van der Waals surface area contributed by atoms with Crippen molar-refractivity contribution in [1.29, 1.82) is 0 Å². The number of rotatable bonds is 5. The number of hydrogen-bond acceptors (Lipinski definition) is 5. The number of aryl methyl sites for hydroxylation is 1. The van der Waals surface area contributed by atoms with Crippen LogP contribution in [0.1, 0.15) is 17.3 Å². The van der Waals surface area contributed by atoms with Gasteiger partial charge in [-0.2, -0.15) is 0 Å². The summed E-state index contributed by atoms with van der Waals surface area (Å²) in [6, 6.07) is 13.3. The Morgan fingerprint density at radius 2 is 1.76 bits per heavy atom. The molecule has 0 saturated heterocycles. The van der Waals surface area contributed by atoms with Crippen LogP contribution in [-0.4, -0.2) is 33.0 Å². The Hall–Kier alpha value is -4.60. The van der Waals surface area contributed by atoms with Crippen LogP contribution in [0.15, 0.2) is 64.3 Å². The van der Waals surface area contributed by atoms with Crippen LogP contribution in [0.5, 0.6) is 5.75 Å². The van der Waals surface area contributed by atoms with E-state index in [1.807, 2.05) is 0 Å². The number of H-pyrrole nitrogens is 1. The van der Waals surface area contributed by atoms with Crippen molar-refractivity contribution in [2.75, 3.05) is 17.7 Å². The maximum Gasteiger partial charge on any atom is 0.333 e. The number of carbonyl (C=O) groups excluding carboxylic acids is 2. The first kappa shape index (κ1) is 21.6. The molecule has 0 bridgehead atoms. The minimum absolute atomic E-state index is 0.105. The molecule has 2 amide bonds. The lowest BCUT2D eigenvalue weighted by atomic mass is 10.2. The minimum Gasteiger partial charge on any atom is -0.495 e. The number of hydrogen-bond donors (Lipinski definition) is 3. The number of aromatic amines is 1. The van der Waals surface area contributed by atoms with Gasteiger partial charge in [0.25, 0.3) is 11.5 Å². The Bertz CT molecular complexity index is 1500. The molecule has 0 aliphatic rings. The number of nitrogens with one attached hydrogen (secondary N) is 3. The third-order valence-electron chi connectivity index (χ3n) is 5.05. The highest BCUT2D eigenvalue weighted by molar-refractivity contribution is 6.12. The number of para-hydroxylation sites is 1. The summed E-state index contributed by atoms with van der Waals surface area (Å²) in [5.41, 5.74) is 0.375. The second-order valence-electron chi connectivity index (χ2n) is 7.33. The summed E-state index contributed by atoms with van der Waals surface area (Å²) in [6.45, 7) is 1.37. The molecule has 3 N–H and O–H groups in total. The molecule has 168 valence electrons. The first-order valence-electron chi connectivity index (χ1n) is 9.97. The number of amides is 2. The molecule has 0 spiro atoms. The second kappa shape index (κ2) is 8.50. The fraction of sp³-hybridized carbons (Fsp3) is 0.130. The Morgan fingerprint density at radius 3 is 2.42 bits per heavy atom. The number of fused-ring (bicyclic) bond motifs is 1. The van der Waals surface area contributed by atoms with Crippen LogP contribution in [0.25, 0.3) is 16.7 Å². The molecule has 0 aliphatic heterocycles. The number of methoxy groups -OCH3 is 1. The number of ether oxygens (including phenoxy) is 1. The average Bonchev–Trinajstić information content (AvgIpc) is 3.10. The predicted octanol–water partition coefficient (Wildman–Crippen LogP) is 2.24. The van der Waals surface area contributed by atoms with Crippen molar-refractivity contribution in [3.05, 3.63) is 81.1 Å². The molecule has 0 radical (unpaired) electrons. The van der Waals surface area contributed by atoms with E-state index in [2.05, 4.69) is 15.6 Å². The quantitative estimate of drug-likeness (QED) is 0.432. The smallest absolute Gasteiger partial charge is 0.333 e. The maximum absolute atomic E-state index is 13.1. The van der Waals surface area contributed by atoms with Crippen LogP contribution >= 0.6 is 0 Å². The van der Waals surface area contributed by atoms with Crippen molar-refractivity contribution in [2.24, 2.45) is 7.05 Å². The molecule has 2 heterocycles. The van der Waals surface area contributed by atoms with Gasteiger partial charge in [-0.3, -0.25) is 14.4 Å². The van der Waals surface area contributed by atoms with Crippen molar-refractivity contribution in [1.82, 2.24) is 14.1 Å². The van der Waals surface area contributed by atoms with Gasteiger partial charge >= 0.3 is 5.69 Å². The zero-order valence-corrected chi connectivity index (χ0v) is 18.1. The molecule has 0 fully saturated rings. The normalized spacial score (nSPS) is 10.8. The van der Waals surface area contributed by atoms with Crippen LogP contribution in [-0.2, 0) is 11.8 Å². The lowest BCUT2D eigenvalue weighted by Crippen LogP contribution is -2.34. The summed E-state index contributed by atoms with van der Waals surface area (Å²) >= 11 is 0. The number of benzene rings is 2. The molecule has 0 saturated carbocycles. The van der Waals surface area contributed by atoms with Gasteiger partial charge in [0.05, 0.1) is 29.6 Å². The van der Waals surface area contributed by atoms with E-state index in [0.717, 1.165) is 4.57 Å². The lowest BCUT2D eigenvalue weighted by molar-refractivity contribution is -0.114. The Labute approximate surface area is 187 Å². The van der Waals surface area contributed by atoms with Crippen LogP contribution in [0.2, 0.25) is 0 Å². The molecule has 0 unspecified atom stereocenters. The summed E-state index contributed by atoms with van der Waals surface area (Å²) in [7, 11) is 3.07. The van der Waals surface area contributed by atoms with Crippen molar-refractivity contribution in [3.63, 3.8) is 0 Å². The molecule has 10 heteroatoms. The van der Waals surface area contributed by atoms with E-state index in [1.165, 1.54) is 24.8 Å². The molecular weight excluding hydrogens is 426 g/mol. The number of nitrogens with zero attached hydrogens (tertiary/aromatic N) is 2. The van der Waals surface area contributed by atoms with Crippen molar-refractivity contribution < 1.29 is 14.3 Å². The summed E-state index contributed by atoms with van der Waals surface area (Å²) < 4.78 is 7.80. The van der Waals surface area contributed by atoms with E-state index >= 15 is 0 Å².